The summed E-state index contributed by atoms with van der Waals surface area (Å²) < 4.78 is 0.858. The largest absolute Gasteiger partial charge is 0.381 e. The first-order chi connectivity index (χ1) is 10.2. The van der Waals surface area contributed by atoms with E-state index in [-0.39, 0.29) is 0 Å². The van der Waals surface area contributed by atoms with Gasteiger partial charge in [0, 0.05) is 12.2 Å². The van der Waals surface area contributed by atoms with Crippen molar-refractivity contribution in [1.82, 2.24) is 4.98 Å². The van der Waals surface area contributed by atoms with Crippen LogP contribution < -0.4 is 5.32 Å². The zero-order chi connectivity index (χ0) is 14.7. The van der Waals surface area contributed by atoms with Gasteiger partial charge in [0.25, 0.3) is 0 Å². The Balaban J connectivity index is 1.60. The van der Waals surface area contributed by atoms with E-state index >= 15 is 0 Å². The molecule has 1 aliphatic carbocycles. The molecule has 2 aromatic rings. The van der Waals surface area contributed by atoms with Gasteiger partial charge in [-0.2, -0.15) is 0 Å². The molecule has 110 valence electrons. The standard InChI is InChI=1S/C17H18BrClN2/c18-16-15(10-11-20-17(16)19)21-14-8-6-13(7-9-14)12-4-2-1-3-5-12/h1-5,10-11,13-14H,6-9H2,(H,20,21)/t13-,14+. The van der Waals surface area contributed by atoms with E-state index in [9.17, 15) is 0 Å². The van der Waals surface area contributed by atoms with Crippen LogP contribution in [0.15, 0.2) is 47.1 Å². The lowest BCUT2D eigenvalue weighted by Gasteiger charge is -2.30. The number of hydrogen-bond donors (Lipinski definition) is 1. The zero-order valence-corrected chi connectivity index (χ0v) is 14.1. The van der Waals surface area contributed by atoms with E-state index in [1.807, 2.05) is 6.07 Å². The molecule has 0 saturated heterocycles. The fraction of sp³-hybridized carbons (Fsp3) is 0.353. The highest BCUT2D eigenvalue weighted by molar-refractivity contribution is 9.10. The van der Waals surface area contributed by atoms with Crippen molar-refractivity contribution in [3.8, 4) is 0 Å². The second-order valence-corrected chi connectivity index (χ2v) is 6.72. The van der Waals surface area contributed by atoms with E-state index in [4.69, 9.17) is 11.6 Å². The van der Waals surface area contributed by atoms with E-state index in [1.54, 1.807) is 6.20 Å². The molecule has 0 unspecified atom stereocenters. The fourth-order valence-corrected chi connectivity index (χ4v) is 3.55. The monoisotopic (exact) mass is 364 g/mol. The molecule has 0 bridgehead atoms. The number of aromatic nitrogens is 1. The van der Waals surface area contributed by atoms with Crippen molar-refractivity contribution in [3.63, 3.8) is 0 Å². The molecule has 0 atom stereocenters. The zero-order valence-electron chi connectivity index (χ0n) is 11.7. The second-order valence-electron chi connectivity index (χ2n) is 5.57. The van der Waals surface area contributed by atoms with Gasteiger partial charge in [-0.15, -0.1) is 0 Å². The van der Waals surface area contributed by atoms with Gasteiger partial charge in [0.05, 0.1) is 10.2 Å². The van der Waals surface area contributed by atoms with Crippen molar-refractivity contribution in [2.75, 3.05) is 5.32 Å². The molecule has 1 heterocycles. The SMILES string of the molecule is Clc1nccc(N[C@H]2CC[C@@H](c3ccccc3)CC2)c1Br. The summed E-state index contributed by atoms with van der Waals surface area (Å²) in [6, 6.07) is 13.3. The van der Waals surface area contributed by atoms with Crippen molar-refractivity contribution < 1.29 is 0 Å². The minimum absolute atomic E-state index is 0.512. The Labute approximate surface area is 139 Å². The van der Waals surface area contributed by atoms with Crippen LogP contribution in [0, 0.1) is 0 Å². The number of anilines is 1. The third-order valence-corrected chi connectivity index (χ3v) is 5.52. The first kappa shape index (κ1) is 14.9. The molecule has 4 heteroatoms. The molecule has 0 amide bonds. The number of rotatable bonds is 3. The molecular formula is C17H18BrClN2. The average molecular weight is 366 g/mol. The van der Waals surface area contributed by atoms with Gasteiger partial charge in [0.1, 0.15) is 5.15 Å². The third-order valence-electron chi connectivity index (χ3n) is 4.20. The van der Waals surface area contributed by atoms with E-state index in [0.717, 1.165) is 10.2 Å². The molecule has 1 saturated carbocycles. The minimum atomic E-state index is 0.512. The number of pyridine rings is 1. The lowest BCUT2D eigenvalue weighted by atomic mass is 9.82. The van der Waals surface area contributed by atoms with E-state index in [0.29, 0.717) is 17.1 Å². The molecule has 0 aliphatic heterocycles. The highest BCUT2D eigenvalue weighted by atomic mass is 79.9. The van der Waals surface area contributed by atoms with Crippen molar-refractivity contribution in [1.29, 1.82) is 0 Å². The number of nitrogens with zero attached hydrogens (tertiary/aromatic N) is 1. The van der Waals surface area contributed by atoms with E-state index < -0.39 is 0 Å². The lowest BCUT2D eigenvalue weighted by Crippen LogP contribution is -2.25. The van der Waals surface area contributed by atoms with Crippen LogP contribution in [0.4, 0.5) is 5.69 Å². The normalized spacial score (nSPS) is 22.0. The summed E-state index contributed by atoms with van der Waals surface area (Å²) in [5, 5.41) is 4.10. The van der Waals surface area contributed by atoms with Crippen molar-refractivity contribution in [2.24, 2.45) is 0 Å². The fourth-order valence-electron chi connectivity index (χ4n) is 3.05. The van der Waals surface area contributed by atoms with Crippen LogP contribution in [0.5, 0.6) is 0 Å². The Hall–Kier alpha value is -1.06. The Bertz CT molecular complexity index is 595. The molecule has 0 radical (unpaired) electrons. The summed E-state index contributed by atoms with van der Waals surface area (Å²) in [6.45, 7) is 0. The summed E-state index contributed by atoms with van der Waals surface area (Å²) in [6.07, 6.45) is 6.58. The van der Waals surface area contributed by atoms with E-state index in [2.05, 4.69) is 56.6 Å². The number of benzene rings is 1. The summed E-state index contributed by atoms with van der Waals surface area (Å²) in [5.74, 6) is 0.703. The molecule has 2 nitrogen and oxygen atoms in total. The van der Waals surface area contributed by atoms with Crippen molar-refractivity contribution in [3.05, 3.63) is 57.8 Å². The van der Waals surface area contributed by atoms with Gasteiger partial charge < -0.3 is 5.32 Å². The quantitative estimate of drug-likeness (QED) is 0.712. The molecule has 1 aromatic carbocycles. The van der Waals surface area contributed by atoms with Crippen LogP contribution in [0.1, 0.15) is 37.2 Å². The van der Waals surface area contributed by atoms with Crippen LogP contribution in [0.25, 0.3) is 0 Å². The van der Waals surface area contributed by atoms with Gasteiger partial charge >= 0.3 is 0 Å². The summed E-state index contributed by atoms with van der Waals surface area (Å²) in [5.41, 5.74) is 2.52. The predicted octanol–water partition coefficient (Wildman–Crippen LogP) is 5.64. The molecule has 1 N–H and O–H groups in total. The Morgan fingerprint density at radius 3 is 2.48 bits per heavy atom. The van der Waals surface area contributed by atoms with Crippen molar-refractivity contribution in [2.45, 2.75) is 37.6 Å². The summed E-state index contributed by atoms with van der Waals surface area (Å²) in [4.78, 5) is 4.06. The Kier molecular flexibility index (Phi) is 4.81. The van der Waals surface area contributed by atoms with Crippen molar-refractivity contribution >= 4 is 33.2 Å². The first-order valence-corrected chi connectivity index (χ1v) is 8.52. The van der Waals surface area contributed by atoms with Crippen LogP contribution in [0.3, 0.4) is 0 Å². The number of nitrogens with one attached hydrogen (secondary N) is 1. The predicted molar refractivity (Wildman–Crippen MR) is 92.0 cm³/mol. The number of hydrogen-bond acceptors (Lipinski definition) is 2. The topological polar surface area (TPSA) is 24.9 Å². The highest BCUT2D eigenvalue weighted by Gasteiger charge is 2.22. The van der Waals surface area contributed by atoms with E-state index in [1.165, 1.54) is 31.2 Å². The van der Waals surface area contributed by atoms with Gasteiger partial charge in [-0.1, -0.05) is 41.9 Å². The Morgan fingerprint density at radius 1 is 1.05 bits per heavy atom. The molecule has 21 heavy (non-hydrogen) atoms. The van der Waals surface area contributed by atoms with Gasteiger partial charge in [-0.25, -0.2) is 4.98 Å². The molecule has 1 aliphatic rings. The third kappa shape index (κ3) is 3.58. The molecule has 0 spiro atoms. The molecule has 1 aromatic heterocycles. The Morgan fingerprint density at radius 2 is 1.76 bits per heavy atom. The van der Waals surface area contributed by atoms with Crippen LogP contribution in [-0.4, -0.2) is 11.0 Å². The highest BCUT2D eigenvalue weighted by Crippen LogP contribution is 2.35. The van der Waals surface area contributed by atoms with Gasteiger partial charge in [-0.3, -0.25) is 0 Å². The minimum Gasteiger partial charge on any atom is -0.381 e. The van der Waals surface area contributed by atoms with Gasteiger partial charge in [0.15, 0.2) is 0 Å². The maximum atomic E-state index is 6.04. The maximum absolute atomic E-state index is 6.04. The van der Waals surface area contributed by atoms with Crippen LogP contribution >= 0.6 is 27.5 Å². The molecule has 3 rings (SSSR count). The second kappa shape index (κ2) is 6.80. The lowest BCUT2D eigenvalue weighted by molar-refractivity contribution is 0.412. The van der Waals surface area contributed by atoms with Crippen LogP contribution in [-0.2, 0) is 0 Å². The average Bonchev–Trinajstić information content (AvgIpc) is 2.53. The summed E-state index contributed by atoms with van der Waals surface area (Å²) in [7, 11) is 0. The first-order valence-electron chi connectivity index (χ1n) is 7.35. The van der Waals surface area contributed by atoms with Gasteiger partial charge in [0.2, 0.25) is 0 Å². The molecular weight excluding hydrogens is 348 g/mol. The number of halogens is 2. The summed E-state index contributed by atoms with van der Waals surface area (Å²) >= 11 is 9.54. The molecule has 1 fully saturated rings. The van der Waals surface area contributed by atoms with Crippen LogP contribution in [0.2, 0.25) is 5.15 Å². The van der Waals surface area contributed by atoms with Gasteiger partial charge in [-0.05, 0) is 59.2 Å². The maximum Gasteiger partial charge on any atom is 0.145 e. The smallest absolute Gasteiger partial charge is 0.145 e.